The minimum atomic E-state index is 0.424. The molecule has 0 heterocycles. The average Bonchev–Trinajstić information content (AvgIpc) is 3.02. The lowest BCUT2D eigenvalue weighted by Crippen LogP contribution is -2.02. The van der Waals surface area contributed by atoms with Crippen LogP contribution in [0.5, 0.6) is 23.0 Å². The standard InChI is InChI=1S/C36H30O4/c1-37-35-31(39-23-25-13-5-3-6-14-25)21-27-17-9-11-19-29(27)33(35)34-30-20-12-10-18-28(30)22-32(36(34)38-2)40-24-26-15-7-4-8-16-26/h3-22H,23-24H2,1-2H3. The first-order valence-corrected chi connectivity index (χ1v) is 13.3. The van der Waals surface area contributed by atoms with E-state index in [1.807, 2.05) is 72.8 Å². The van der Waals surface area contributed by atoms with Crippen LogP contribution in [0, 0.1) is 0 Å². The minimum Gasteiger partial charge on any atom is -0.492 e. The van der Waals surface area contributed by atoms with Crippen molar-refractivity contribution in [3.63, 3.8) is 0 Å². The van der Waals surface area contributed by atoms with Crippen molar-refractivity contribution in [2.75, 3.05) is 14.2 Å². The predicted octanol–water partition coefficient (Wildman–Crippen LogP) is 8.84. The number of ether oxygens (including phenoxy) is 4. The maximum absolute atomic E-state index is 6.41. The molecule has 0 saturated heterocycles. The molecule has 0 N–H and O–H groups in total. The topological polar surface area (TPSA) is 36.9 Å². The molecule has 0 aliphatic carbocycles. The van der Waals surface area contributed by atoms with Crippen molar-refractivity contribution in [3.05, 3.63) is 132 Å². The zero-order chi connectivity index (χ0) is 27.3. The Labute approximate surface area is 234 Å². The van der Waals surface area contributed by atoms with E-state index in [4.69, 9.17) is 18.9 Å². The number of rotatable bonds is 9. The summed E-state index contributed by atoms with van der Waals surface area (Å²) in [6.45, 7) is 0.847. The third-order valence-electron chi connectivity index (χ3n) is 7.07. The van der Waals surface area contributed by atoms with Gasteiger partial charge in [0.05, 0.1) is 14.2 Å². The summed E-state index contributed by atoms with van der Waals surface area (Å²) in [5, 5.41) is 4.16. The van der Waals surface area contributed by atoms with Gasteiger partial charge in [-0.1, -0.05) is 109 Å². The second-order valence-corrected chi connectivity index (χ2v) is 9.56. The molecule has 4 nitrogen and oxygen atoms in total. The molecule has 0 amide bonds. The molecule has 198 valence electrons. The summed E-state index contributed by atoms with van der Waals surface area (Å²) < 4.78 is 25.1. The summed E-state index contributed by atoms with van der Waals surface area (Å²) in [4.78, 5) is 0. The molecular weight excluding hydrogens is 496 g/mol. The van der Waals surface area contributed by atoms with Crippen LogP contribution in [-0.2, 0) is 13.2 Å². The average molecular weight is 527 g/mol. The van der Waals surface area contributed by atoms with Crippen molar-refractivity contribution < 1.29 is 18.9 Å². The van der Waals surface area contributed by atoms with E-state index >= 15 is 0 Å². The molecule has 40 heavy (non-hydrogen) atoms. The highest BCUT2D eigenvalue weighted by molar-refractivity contribution is 6.11. The second kappa shape index (κ2) is 11.4. The van der Waals surface area contributed by atoms with E-state index in [2.05, 4.69) is 48.5 Å². The molecule has 0 spiro atoms. The van der Waals surface area contributed by atoms with E-state index in [1.165, 1.54) is 0 Å². The number of fused-ring (bicyclic) bond motifs is 2. The molecule has 0 aliphatic heterocycles. The zero-order valence-corrected chi connectivity index (χ0v) is 22.6. The van der Waals surface area contributed by atoms with Crippen molar-refractivity contribution in [1.82, 2.24) is 0 Å². The van der Waals surface area contributed by atoms with Gasteiger partial charge >= 0.3 is 0 Å². The molecule has 6 rings (SSSR count). The molecule has 0 unspecified atom stereocenters. The van der Waals surface area contributed by atoms with Gasteiger partial charge in [-0.15, -0.1) is 0 Å². The van der Waals surface area contributed by atoms with Crippen LogP contribution in [0.15, 0.2) is 121 Å². The van der Waals surface area contributed by atoms with Crippen LogP contribution in [0.1, 0.15) is 11.1 Å². The van der Waals surface area contributed by atoms with Crippen LogP contribution in [0.25, 0.3) is 32.7 Å². The van der Waals surface area contributed by atoms with Crippen molar-refractivity contribution >= 4 is 21.5 Å². The summed E-state index contributed by atoms with van der Waals surface area (Å²) in [6, 6.07) is 40.9. The van der Waals surface area contributed by atoms with E-state index in [0.717, 1.165) is 43.8 Å². The fraction of sp³-hybridized carbons (Fsp3) is 0.111. The highest BCUT2D eigenvalue weighted by atomic mass is 16.5. The molecule has 0 saturated carbocycles. The van der Waals surface area contributed by atoms with Gasteiger partial charge in [0, 0.05) is 11.1 Å². The molecule has 6 aromatic rings. The molecule has 0 aromatic heterocycles. The molecule has 0 radical (unpaired) electrons. The van der Waals surface area contributed by atoms with Crippen molar-refractivity contribution in [1.29, 1.82) is 0 Å². The molecule has 0 atom stereocenters. The highest BCUT2D eigenvalue weighted by Gasteiger charge is 2.25. The van der Waals surface area contributed by atoms with E-state index in [0.29, 0.717) is 36.2 Å². The SMILES string of the molecule is COc1c(OCc2ccccc2)cc2ccccc2c1-c1c(OC)c(OCc2ccccc2)cc2ccccc12. The summed E-state index contributed by atoms with van der Waals surface area (Å²) in [5.74, 6) is 2.64. The monoisotopic (exact) mass is 526 g/mol. The number of hydrogen-bond donors (Lipinski definition) is 0. The molecule has 6 aromatic carbocycles. The van der Waals surface area contributed by atoms with Gasteiger partial charge in [0.25, 0.3) is 0 Å². The Bertz CT molecular complexity index is 1630. The largest absolute Gasteiger partial charge is 0.492 e. The Kier molecular flexibility index (Phi) is 7.23. The fourth-order valence-corrected chi connectivity index (χ4v) is 5.19. The summed E-state index contributed by atoms with van der Waals surface area (Å²) in [7, 11) is 3.38. The first-order valence-electron chi connectivity index (χ1n) is 13.3. The molecule has 0 fully saturated rings. The van der Waals surface area contributed by atoms with E-state index in [-0.39, 0.29) is 0 Å². The van der Waals surface area contributed by atoms with Gasteiger partial charge in [0.15, 0.2) is 23.0 Å². The van der Waals surface area contributed by atoms with Crippen LogP contribution < -0.4 is 18.9 Å². The van der Waals surface area contributed by atoms with Gasteiger partial charge in [-0.3, -0.25) is 0 Å². The lowest BCUT2D eigenvalue weighted by molar-refractivity contribution is 0.284. The van der Waals surface area contributed by atoms with Gasteiger partial charge in [-0.25, -0.2) is 0 Å². The number of methoxy groups -OCH3 is 2. The van der Waals surface area contributed by atoms with E-state index < -0.39 is 0 Å². The van der Waals surface area contributed by atoms with Crippen molar-refractivity contribution in [2.24, 2.45) is 0 Å². The van der Waals surface area contributed by atoms with Crippen molar-refractivity contribution in [3.8, 4) is 34.1 Å². The normalized spacial score (nSPS) is 10.9. The smallest absolute Gasteiger partial charge is 0.169 e. The molecule has 4 heteroatoms. The van der Waals surface area contributed by atoms with Gasteiger partial charge < -0.3 is 18.9 Å². The van der Waals surface area contributed by atoms with Gasteiger partial charge in [0.1, 0.15) is 13.2 Å². The fourth-order valence-electron chi connectivity index (χ4n) is 5.19. The van der Waals surface area contributed by atoms with Crippen LogP contribution >= 0.6 is 0 Å². The van der Waals surface area contributed by atoms with Gasteiger partial charge in [-0.05, 0) is 44.8 Å². The van der Waals surface area contributed by atoms with Gasteiger partial charge in [-0.2, -0.15) is 0 Å². The quantitative estimate of drug-likeness (QED) is 0.189. The molecule has 0 bridgehead atoms. The second-order valence-electron chi connectivity index (χ2n) is 9.56. The Morgan fingerprint density at radius 1 is 0.450 bits per heavy atom. The molecular formula is C36H30O4. The summed E-state index contributed by atoms with van der Waals surface area (Å²) in [5.41, 5.74) is 3.97. The third-order valence-corrected chi connectivity index (χ3v) is 7.07. The van der Waals surface area contributed by atoms with Crippen molar-refractivity contribution in [2.45, 2.75) is 13.2 Å². The predicted molar refractivity (Wildman–Crippen MR) is 162 cm³/mol. The highest BCUT2D eigenvalue weighted by Crippen LogP contribution is 2.52. The summed E-state index contributed by atoms with van der Waals surface area (Å²) >= 11 is 0. The van der Waals surface area contributed by atoms with E-state index in [1.54, 1.807) is 14.2 Å². The number of hydrogen-bond acceptors (Lipinski definition) is 4. The summed E-state index contributed by atoms with van der Waals surface area (Å²) in [6.07, 6.45) is 0. The first kappa shape index (κ1) is 25.3. The Morgan fingerprint density at radius 3 is 1.23 bits per heavy atom. The Morgan fingerprint density at radius 2 is 0.825 bits per heavy atom. The Balaban J connectivity index is 1.57. The van der Waals surface area contributed by atoms with Crippen LogP contribution in [0.4, 0.5) is 0 Å². The Hall–Kier alpha value is -4.96. The molecule has 0 aliphatic rings. The van der Waals surface area contributed by atoms with Crippen LogP contribution in [0.2, 0.25) is 0 Å². The van der Waals surface area contributed by atoms with E-state index in [9.17, 15) is 0 Å². The van der Waals surface area contributed by atoms with Gasteiger partial charge in [0.2, 0.25) is 0 Å². The minimum absolute atomic E-state index is 0.424. The number of benzene rings is 6. The van der Waals surface area contributed by atoms with Crippen LogP contribution in [0.3, 0.4) is 0 Å². The third kappa shape index (κ3) is 4.92. The zero-order valence-electron chi connectivity index (χ0n) is 22.6. The maximum Gasteiger partial charge on any atom is 0.169 e. The maximum atomic E-state index is 6.41. The lowest BCUT2D eigenvalue weighted by atomic mass is 9.91. The van der Waals surface area contributed by atoms with Crippen LogP contribution in [-0.4, -0.2) is 14.2 Å². The lowest BCUT2D eigenvalue weighted by Gasteiger charge is -2.22. The first-order chi connectivity index (χ1) is 19.8.